The Hall–Kier alpha value is -1.87. The third-order valence-electron chi connectivity index (χ3n) is 3.71. The predicted octanol–water partition coefficient (Wildman–Crippen LogP) is 3.94. The summed E-state index contributed by atoms with van der Waals surface area (Å²) in [5, 5.41) is 17.2. The highest BCUT2D eigenvalue weighted by Gasteiger charge is 2.11. The zero-order valence-corrected chi connectivity index (χ0v) is 18.7. The Kier molecular flexibility index (Phi) is 10.1. The molecule has 0 fully saturated rings. The lowest BCUT2D eigenvalue weighted by atomic mass is 10.2. The monoisotopic (exact) mass is 505 g/mol. The second-order valence-corrected chi connectivity index (χ2v) is 5.90. The largest absolute Gasteiger partial charge is 0.502 e. The second-order valence-electron chi connectivity index (χ2n) is 5.49. The summed E-state index contributed by atoms with van der Waals surface area (Å²) in [7, 11) is 2.99. The van der Waals surface area contributed by atoms with Crippen LogP contribution in [0, 0.1) is 0 Å². The molecule has 0 radical (unpaired) electrons. The number of hydrogen-bond acceptors (Lipinski definition) is 4. The maximum Gasteiger partial charge on any atom is 0.200 e. The van der Waals surface area contributed by atoms with Gasteiger partial charge in [0.2, 0.25) is 5.75 Å². The van der Waals surface area contributed by atoms with Gasteiger partial charge in [0.15, 0.2) is 17.5 Å². The van der Waals surface area contributed by atoms with Crippen molar-refractivity contribution in [1.29, 1.82) is 0 Å². The number of guanidine groups is 1. The van der Waals surface area contributed by atoms with Gasteiger partial charge in [-0.25, -0.2) is 4.99 Å². The highest BCUT2D eigenvalue weighted by atomic mass is 127. The lowest BCUT2D eigenvalue weighted by Gasteiger charge is -2.13. The van der Waals surface area contributed by atoms with E-state index >= 15 is 0 Å². The number of nitrogens with zero attached hydrogens (tertiary/aromatic N) is 1. The summed E-state index contributed by atoms with van der Waals surface area (Å²) in [6.07, 6.45) is 0. The number of aliphatic imine (C=N–C) groups is 1. The van der Waals surface area contributed by atoms with Gasteiger partial charge in [0, 0.05) is 18.1 Å². The van der Waals surface area contributed by atoms with Gasteiger partial charge in [0.25, 0.3) is 0 Å². The Morgan fingerprint density at radius 3 is 2.30 bits per heavy atom. The Morgan fingerprint density at radius 1 is 1.11 bits per heavy atom. The molecule has 2 aromatic carbocycles. The molecule has 2 aromatic rings. The van der Waals surface area contributed by atoms with Gasteiger partial charge in [-0.1, -0.05) is 29.8 Å². The third kappa shape index (κ3) is 6.66. The molecular formula is C19H25ClIN3O3. The van der Waals surface area contributed by atoms with E-state index < -0.39 is 0 Å². The molecule has 0 amide bonds. The molecular weight excluding hydrogens is 481 g/mol. The van der Waals surface area contributed by atoms with Crippen LogP contribution in [0.25, 0.3) is 0 Å². The zero-order valence-electron chi connectivity index (χ0n) is 15.6. The maximum absolute atomic E-state index is 9.99. The van der Waals surface area contributed by atoms with Gasteiger partial charge >= 0.3 is 0 Å². The molecule has 6 nitrogen and oxygen atoms in total. The molecule has 0 bridgehead atoms. The number of rotatable bonds is 7. The SMILES string of the molecule is CCNC(=NCc1cc(OC)c(O)c(OC)c1)NCc1ccccc1Cl.I. The van der Waals surface area contributed by atoms with Crippen molar-refractivity contribution in [2.45, 2.75) is 20.0 Å². The summed E-state index contributed by atoms with van der Waals surface area (Å²) in [4.78, 5) is 4.57. The molecule has 0 atom stereocenters. The van der Waals surface area contributed by atoms with Crippen LogP contribution in [-0.4, -0.2) is 31.8 Å². The lowest BCUT2D eigenvalue weighted by molar-refractivity contribution is 0.339. The van der Waals surface area contributed by atoms with Crippen LogP contribution in [0.3, 0.4) is 0 Å². The van der Waals surface area contributed by atoms with E-state index in [1.807, 2.05) is 31.2 Å². The number of nitrogens with one attached hydrogen (secondary N) is 2. The minimum absolute atomic E-state index is 0. The van der Waals surface area contributed by atoms with Crippen LogP contribution < -0.4 is 20.1 Å². The first-order valence-corrected chi connectivity index (χ1v) is 8.66. The molecule has 27 heavy (non-hydrogen) atoms. The van der Waals surface area contributed by atoms with Gasteiger partial charge in [-0.2, -0.15) is 0 Å². The minimum atomic E-state index is -0.0218. The van der Waals surface area contributed by atoms with E-state index in [1.165, 1.54) is 14.2 Å². The first kappa shape index (κ1) is 23.2. The van der Waals surface area contributed by atoms with Crippen LogP contribution in [0.4, 0.5) is 0 Å². The van der Waals surface area contributed by atoms with Crippen molar-refractivity contribution in [3.8, 4) is 17.2 Å². The van der Waals surface area contributed by atoms with Crippen LogP contribution >= 0.6 is 35.6 Å². The fourth-order valence-corrected chi connectivity index (χ4v) is 2.57. The first-order chi connectivity index (χ1) is 12.6. The van der Waals surface area contributed by atoms with Crippen molar-refractivity contribution in [1.82, 2.24) is 10.6 Å². The molecule has 0 unspecified atom stereocenters. The number of aromatic hydroxyl groups is 1. The molecule has 0 aliphatic rings. The number of ether oxygens (including phenoxy) is 2. The molecule has 2 rings (SSSR count). The number of benzene rings is 2. The Bertz CT molecular complexity index is 747. The van der Waals surface area contributed by atoms with E-state index in [2.05, 4.69) is 15.6 Å². The van der Waals surface area contributed by atoms with Crippen molar-refractivity contribution >= 4 is 41.5 Å². The highest BCUT2D eigenvalue weighted by Crippen LogP contribution is 2.37. The number of phenols is 1. The minimum Gasteiger partial charge on any atom is -0.502 e. The second kappa shape index (κ2) is 11.8. The van der Waals surface area contributed by atoms with Gasteiger partial charge in [-0.3, -0.25) is 0 Å². The summed E-state index contributed by atoms with van der Waals surface area (Å²) in [5.74, 6) is 1.34. The smallest absolute Gasteiger partial charge is 0.200 e. The fraction of sp³-hybridized carbons (Fsp3) is 0.316. The molecule has 0 aliphatic heterocycles. The molecule has 0 saturated carbocycles. The normalized spacial score (nSPS) is 10.7. The molecule has 3 N–H and O–H groups in total. The number of methoxy groups -OCH3 is 2. The molecule has 0 aromatic heterocycles. The van der Waals surface area contributed by atoms with Gasteiger partial charge in [-0.05, 0) is 36.2 Å². The van der Waals surface area contributed by atoms with Crippen molar-refractivity contribution < 1.29 is 14.6 Å². The predicted molar refractivity (Wildman–Crippen MR) is 120 cm³/mol. The van der Waals surface area contributed by atoms with E-state index in [-0.39, 0.29) is 29.7 Å². The van der Waals surface area contributed by atoms with Crippen molar-refractivity contribution in [3.63, 3.8) is 0 Å². The zero-order chi connectivity index (χ0) is 18.9. The highest BCUT2D eigenvalue weighted by molar-refractivity contribution is 14.0. The Morgan fingerprint density at radius 2 is 1.74 bits per heavy atom. The van der Waals surface area contributed by atoms with Crippen LogP contribution in [-0.2, 0) is 13.1 Å². The summed E-state index contributed by atoms with van der Waals surface area (Å²) < 4.78 is 10.4. The molecule has 148 valence electrons. The van der Waals surface area contributed by atoms with Gasteiger partial charge in [0.05, 0.1) is 20.8 Å². The fourth-order valence-electron chi connectivity index (χ4n) is 2.37. The van der Waals surface area contributed by atoms with Gasteiger partial charge < -0.3 is 25.2 Å². The Balaban J connectivity index is 0.00000364. The van der Waals surface area contributed by atoms with E-state index in [0.29, 0.717) is 35.6 Å². The molecule has 0 heterocycles. The first-order valence-electron chi connectivity index (χ1n) is 8.28. The van der Waals surface area contributed by atoms with Crippen LogP contribution in [0.2, 0.25) is 5.02 Å². The summed E-state index contributed by atoms with van der Waals surface area (Å²) in [6, 6.07) is 11.1. The van der Waals surface area contributed by atoms with E-state index in [1.54, 1.807) is 12.1 Å². The Labute approximate surface area is 182 Å². The van der Waals surface area contributed by atoms with Crippen molar-refractivity contribution in [2.24, 2.45) is 4.99 Å². The van der Waals surface area contributed by atoms with Crippen molar-refractivity contribution in [3.05, 3.63) is 52.5 Å². The van der Waals surface area contributed by atoms with E-state index in [0.717, 1.165) is 17.7 Å². The van der Waals surface area contributed by atoms with E-state index in [9.17, 15) is 5.11 Å². The third-order valence-corrected chi connectivity index (χ3v) is 4.08. The summed E-state index contributed by atoms with van der Waals surface area (Å²) in [5.41, 5.74) is 1.85. The van der Waals surface area contributed by atoms with Crippen LogP contribution in [0.15, 0.2) is 41.4 Å². The van der Waals surface area contributed by atoms with Crippen molar-refractivity contribution in [2.75, 3.05) is 20.8 Å². The van der Waals surface area contributed by atoms with Gasteiger partial charge in [-0.15, -0.1) is 24.0 Å². The summed E-state index contributed by atoms with van der Waals surface area (Å²) >= 11 is 6.19. The number of halogens is 2. The topological polar surface area (TPSA) is 75.1 Å². The van der Waals surface area contributed by atoms with E-state index in [4.69, 9.17) is 21.1 Å². The molecule has 0 aliphatic carbocycles. The quantitative estimate of drug-likeness (QED) is 0.302. The summed E-state index contributed by atoms with van der Waals surface area (Å²) in [6.45, 7) is 3.69. The molecule has 0 saturated heterocycles. The number of phenolic OH excluding ortho intramolecular Hbond substituents is 1. The average Bonchev–Trinajstić information content (AvgIpc) is 2.66. The maximum atomic E-state index is 9.99. The van der Waals surface area contributed by atoms with Crippen LogP contribution in [0.5, 0.6) is 17.2 Å². The lowest BCUT2D eigenvalue weighted by Crippen LogP contribution is -2.36. The van der Waals surface area contributed by atoms with Gasteiger partial charge in [0.1, 0.15) is 0 Å². The molecule has 8 heteroatoms. The number of hydrogen-bond donors (Lipinski definition) is 3. The van der Waals surface area contributed by atoms with Crippen LogP contribution in [0.1, 0.15) is 18.1 Å². The average molecular weight is 506 g/mol. The molecule has 0 spiro atoms. The standard InChI is InChI=1S/C19H24ClN3O3.HI/c1-4-21-19(23-12-14-7-5-6-8-15(14)20)22-11-13-9-16(25-2)18(24)17(10-13)26-3;/h5-10,24H,4,11-12H2,1-3H3,(H2,21,22,23);1H.